The van der Waals surface area contributed by atoms with E-state index in [0.29, 0.717) is 10.6 Å². The third-order valence-corrected chi connectivity index (χ3v) is 20.5. The van der Waals surface area contributed by atoms with Gasteiger partial charge in [-0.1, -0.05) is 0 Å². The zero-order valence-electron chi connectivity index (χ0n) is 19.5. The molecule has 36 heavy (non-hydrogen) atoms. The molecule has 0 saturated carbocycles. The van der Waals surface area contributed by atoms with E-state index in [1.54, 1.807) is 0 Å². The van der Waals surface area contributed by atoms with Gasteiger partial charge in [0.05, 0.1) is 0 Å². The van der Waals surface area contributed by atoms with Gasteiger partial charge in [0.2, 0.25) is 0 Å². The van der Waals surface area contributed by atoms with E-state index in [4.69, 9.17) is 11.6 Å². The molecule has 5 aromatic carbocycles. The second-order valence-corrected chi connectivity index (χ2v) is 19.4. The standard InChI is InChI=1S/C32H24AsClOSe/c34-29-23-21-25(22-24-29)31(35)32(36-30-19-11-4-12-20-30)33(26-13-5-1-6-14-26,27-15-7-2-8-16-27)28-17-9-3-10-18-28/h1-24H. The molecule has 1 nitrogen and oxygen atoms in total. The molecule has 176 valence electrons. The molecule has 0 N–H and O–H groups in total. The van der Waals surface area contributed by atoms with Gasteiger partial charge in [-0.15, -0.1) is 0 Å². The Balaban J connectivity index is 1.96. The minimum absolute atomic E-state index is 0.111. The van der Waals surface area contributed by atoms with Crippen molar-refractivity contribution in [3.63, 3.8) is 0 Å². The van der Waals surface area contributed by atoms with Crippen LogP contribution in [0.1, 0.15) is 10.4 Å². The molecule has 0 amide bonds. The van der Waals surface area contributed by atoms with Crippen molar-refractivity contribution in [2.24, 2.45) is 0 Å². The molecular weight excluding hydrogens is 590 g/mol. The molecular formula is C32H24AsClOSe. The normalized spacial score (nSPS) is 11.1. The van der Waals surface area contributed by atoms with Crippen LogP contribution >= 0.6 is 11.6 Å². The quantitative estimate of drug-likeness (QED) is 0.196. The van der Waals surface area contributed by atoms with E-state index in [2.05, 4.69) is 97.1 Å². The zero-order valence-corrected chi connectivity index (χ0v) is 23.8. The average Bonchev–Trinajstić information content (AvgIpc) is 2.95. The Morgan fingerprint density at radius 3 is 1.33 bits per heavy atom. The van der Waals surface area contributed by atoms with Gasteiger partial charge in [-0.2, -0.15) is 0 Å². The maximum absolute atomic E-state index is 14.6. The first-order chi connectivity index (χ1) is 17.7. The first kappa shape index (κ1) is 24.7. The first-order valence-corrected chi connectivity index (χ1v) is 17.5. The monoisotopic (exact) mass is 614 g/mol. The summed E-state index contributed by atoms with van der Waals surface area (Å²) in [7, 11) is 0. The van der Waals surface area contributed by atoms with E-state index < -0.39 is 13.1 Å². The Kier molecular flexibility index (Phi) is 7.80. The van der Waals surface area contributed by atoms with Gasteiger partial charge in [0.25, 0.3) is 0 Å². The number of carbonyl (C=O) groups is 1. The van der Waals surface area contributed by atoms with Crippen molar-refractivity contribution in [1.82, 2.24) is 0 Å². The van der Waals surface area contributed by atoms with Crippen molar-refractivity contribution in [3.05, 3.63) is 156 Å². The molecule has 0 spiro atoms. The number of hydrogen-bond donors (Lipinski definition) is 0. The Morgan fingerprint density at radius 2 is 0.917 bits per heavy atom. The fraction of sp³-hybridized carbons (Fsp3) is 0. The number of hydrogen-bond acceptors (Lipinski definition) is 1. The summed E-state index contributed by atoms with van der Waals surface area (Å²) in [6.07, 6.45) is 0. The SMILES string of the molecule is O=C(C([Se]c1ccccc1)=[As](c1ccccc1)(c1ccccc1)c1ccccc1)c1ccc(Cl)cc1. The van der Waals surface area contributed by atoms with E-state index in [0.717, 1.165) is 3.20 Å². The molecule has 0 aliphatic rings. The summed E-state index contributed by atoms with van der Waals surface area (Å²) in [4.78, 5) is 14.6. The summed E-state index contributed by atoms with van der Waals surface area (Å²) in [5.41, 5.74) is 0.681. The summed E-state index contributed by atoms with van der Waals surface area (Å²) in [6.45, 7) is 0. The molecule has 0 aliphatic carbocycles. The van der Waals surface area contributed by atoms with Crippen molar-refractivity contribution in [2.45, 2.75) is 0 Å². The summed E-state index contributed by atoms with van der Waals surface area (Å²) < 4.78 is 5.93. The van der Waals surface area contributed by atoms with Crippen LogP contribution in [0.5, 0.6) is 0 Å². The third kappa shape index (κ3) is 4.96. The average molecular weight is 614 g/mol. The Bertz CT molecular complexity index is 1400. The van der Waals surface area contributed by atoms with E-state index >= 15 is 0 Å². The van der Waals surface area contributed by atoms with Crippen molar-refractivity contribution in [3.8, 4) is 0 Å². The third-order valence-electron chi connectivity index (χ3n) is 5.99. The fourth-order valence-electron chi connectivity index (χ4n) is 4.35. The molecule has 0 unspecified atom stereocenters. The first-order valence-electron chi connectivity index (χ1n) is 11.7. The number of Topliss-reactive ketones (excluding diaryl/α,β-unsaturated/α-hetero) is 1. The van der Waals surface area contributed by atoms with Gasteiger partial charge in [-0.3, -0.25) is 0 Å². The topological polar surface area (TPSA) is 17.1 Å². The second-order valence-electron chi connectivity index (χ2n) is 8.23. The molecule has 4 heteroatoms. The van der Waals surface area contributed by atoms with Gasteiger partial charge in [0.1, 0.15) is 0 Å². The van der Waals surface area contributed by atoms with Crippen LogP contribution in [0.2, 0.25) is 5.02 Å². The van der Waals surface area contributed by atoms with Crippen LogP contribution in [0, 0.1) is 0 Å². The number of carbonyl (C=O) groups excluding carboxylic acids is 1. The van der Waals surface area contributed by atoms with Gasteiger partial charge in [0.15, 0.2) is 0 Å². The van der Waals surface area contributed by atoms with Crippen LogP contribution in [0.3, 0.4) is 0 Å². The predicted molar refractivity (Wildman–Crippen MR) is 157 cm³/mol. The van der Waals surface area contributed by atoms with E-state index in [1.165, 1.54) is 17.5 Å². The number of benzene rings is 5. The molecule has 0 heterocycles. The number of rotatable bonds is 7. The molecule has 5 rings (SSSR count). The van der Waals surface area contributed by atoms with Gasteiger partial charge in [-0.05, 0) is 0 Å². The maximum atomic E-state index is 14.6. The Hall–Kier alpha value is -2.99. The van der Waals surface area contributed by atoms with Crippen molar-refractivity contribution < 1.29 is 4.79 Å². The van der Waals surface area contributed by atoms with E-state index in [9.17, 15) is 4.79 Å². The van der Waals surface area contributed by atoms with Crippen LogP contribution in [0.25, 0.3) is 0 Å². The summed E-state index contributed by atoms with van der Waals surface area (Å²) in [5, 5.41) is 0.627. The van der Waals surface area contributed by atoms with E-state index in [1.807, 2.05) is 48.5 Å². The molecule has 0 bridgehead atoms. The van der Waals surface area contributed by atoms with Crippen LogP contribution in [-0.4, -0.2) is 37.1 Å². The molecule has 0 fully saturated rings. The second kappa shape index (κ2) is 11.4. The van der Waals surface area contributed by atoms with Crippen LogP contribution in [0.15, 0.2) is 146 Å². The van der Waals surface area contributed by atoms with Crippen molar-refractivity contribution >= 4 is 66.2 Å². The van der Waals surface area contributed by atoms with Gasteiger partial charge in [-0.25, -0.2) is 0 Å². The zero-order chi connectivity index (χ0) is 24.8. The van der Waals surface area contributed by atoms with Crippen LogP contribution in [-0.2, 0) is 0 Å². The molecule has 0 saturated heterocycles. The van der Waals surface area contributed by atoms with Crippen molar-refractivity contribution in [1.29, 1.82) is 0 Å². The minimum atomic E-state index is -3.45. The van der Waals surface area contributed by atoms with Gasteiger partial charge >= 0.3 is 227 Å². The Labute approximate surface area is 225 Å². The number of halogens is 1. The van der Waals surface area contributed by atoms with Gasteiger partial charge in [0, 0.05) is 0 Å². The van der Waals surface area contributed by atoms with Crippen LogP contribution in [0.4, 0.5) is 0 Å². The molecule has 0 aliphatic heterocycles. The molecule has 5 aromatic rings. The molecule has 0 radical (unpaired) electrons. The van der Waals surface area contributed by atoms with E-state index in [-0.39, 0.29) is 20.7 Å². The molecule has 0 atom stereocenters. The summed E-state index contributed by atoms with van der Waals surface area (Å²) in [5.74, 6) is 0.111. The van der Waals surface area contributed by atoms with Crippen molar-refractivity contribution in [2.75, 3.05) is 0 Å². The molecule has 0 aromatic heterocycles. The summed E-state index contributed by atoms with van der Waals surface area (Å²) in [6, 6.07) is 49.7. The summed E-state index contributed by atoms with van der Waals surface area (Å²) >= 11 is 2.56. The predicted octanol–water partition coefficient (Wildman–Crippen LogP) is 4.43. The van der Waals surface area contributed by atoms with Gasteiger partial charge < -0.3 is 0 Å². The number of ketones is 1. The fourth-order valence-corrected chi connectivity index (χ4v) is 20.5. The van der Waals surface area contributed by atoms with Crippen LogP contribution < -0.4 is 17.5 Å². The Morgan fingerprint density at radius 1 is 0.528 bits per heavy atom.